The van der Waals surface area contributed by atoms with E-state index in [0.717, 1.165) is 56.4 Å². The first kappa shape index (κ1) is 21.1. The Morgan fingerprint density at radius 2 is 1.03 bits per heavy atom. The number of aromatic nitrogens is 3. The maximum Gasteiger partial charge on any atom is 0.0544 e. The molecule has 0 atom stereocenters. The van der Waals surface area contributed by atoms with E-state index in [4.69, 9.17) is 0 Å². The molecule has 152 valence electrons. The molecule has 3 rings (SSSR count). The predicted octanol–water partition coefficient (Wildman–Crippen LogP) is 4.18. The van der Waals surface area contributed by atoms with Gasteiger partial charge in [-0.25, -0.2) is 0 Å². The summed E-state index contributed by atoms with van der Waals surface area (Å²) in [7, 11) is 0. The molecule has 0 fully saturated rings. The zero-order valence-electron chi connectivity index (χ0n) is 17.3. The van der Waals surface area contributed by atoms with E-state index in [1.165, 1.54) is 12.8 Å². The highest BCUT2D eigenvalue weighted by atomic mass is 15.2. The fraction of sp³-hybridized carbons (Fsp3) is 0.375. The zero-order valence-corrected chi connectivity index (χ0v) is 17.3. The molecule has 29 heavy (non-hydrogen) atoms. The Kier molecular flexibility index (Phi) is 8.76. The van der Waals surface area contributed by atoms with Crippen molar-refractivity contribution < 1.29 is 0 Å². The Balaban J connectivity index is 1.65. The van der Waals surface area contributed by atoms with E-state index in [9.17, 15) is 0 Å². The lowest BCUT2D eigenvalue weighted by Crippen LogP contribution is -2.35. The third-order valence-corrected chi connectivity index (χ3v) is 4.90. The van der Waals surface area contributed by atoms with E-state index in [1.807, 2.05) is 36.8 Å². The standard InChI is InChI=1S/C24H31N5/c1-2-3-16-28(19-22-10-4-7-13-25-22)17-18-29(20-23-11-5-8-14-26-23)21-24-12-6-9-15-27-24/h4-15H,2-3,16-21H2,1H3. The summed E-state index contributed by atoms with van der Waals surface area (Å²) in [5.41, 5.74) is 3.31. The lowest BCUT2D eigenvalue weighted by molar-refractivity contribution is 0.182. The Hall–Kier alpha value is -2.63. The second-order valence-corrected chi connectivity index (χ2v) is 7.30. The number of rotatable bonds is 12. The fourth-order valence-corrected chi connectivity index (χ4v) is 3.31. The molecule has 0 unspecified atom stereocenters. The maximum atomic E-state index is 4.52. The maximum absolute atomic E-state index is 4.52. The van der Waals surface area contributed by atoms with Crippen LogP contribution in [0.5, 0.6) is 0 Å². The van der Waals surface area contributed by atoms with Gasteiger partial charge < -0.3 is 0 Å². The lowest BCUT2D eigenvalue weighted by Gasteiger charge is -2.27. The minimum Gasteiger partial charge on any atom is -0.296 e. The van der Waals surface area contributed by atoms with Crippen LogP contribution in [0.15, 0.2) is 73.2 Å². The topological polar surface area (TPSA) is 45.2 Å². The molecular formula is C24H31N5. The van der Waals surface area contributed by atoms with Crippen LogP contribution in [0.4, 0.5) is 0 Å². The summed E-state index contributed by atoms with van der Waals surface area (Å²) in [6.07, 6.45) is 8.01. The van der Waals surface area contributed by atoms with Gasteiger partial charge in [-0.05, 0) is 49.4 Å². The van der Waals surface area contributed by atoms with Crippen molar-refractivity contribution in [3.63, 3.8) is 0 Å². The molecule has 0 radical (unpaired) electrons. The van der Waals surface area contributed by atoms with Gasteiger partial charge in [-0.3, -0.25) is 24.8 Å². The van der Waals surface area contributed by atoms with Crippen molar-refractivity contribution in [2.45, 2.75) is 39.4 Å². The molecule has 0 aliphatic heterocycles. The molecule has 3 heterocycles. The van der Waals surface area contributed by atoms with Crippen molar-refractivity contribution in [1.82, 2.24) is 24.8 Å². The minimum absolute atomic E-state index is 0.822. The average molecular weight is 390 g/mol. The normalized spacial score (nSPS) is 11.3. The summed E-state index contributed by atoms with van der Waals surface area (Å²) in [5.74, 6) is 0. The molecule has 3 aromatic heterocycles. The van der Waals surface area contributed by atoms with Crippen LogP contribution in [0.25, 0.3) is 0 Å². The second-order valence-electron chi connectivity index (χ2n) is 7.30. The smallest absolute Gasteiger partial charge is 0.0544 e. The SMILES string of the molecule is CCCCN(CCN(Cc1ccccn1)Cc1ccccn1)Cc1ccccn1. The molecule has 0 saturated carbocycles. The molecule has 5 heteroatoms. The molecule has 0 spiro atoms. The highest BCUT2D eigenvalue weighted by molar-refractivity contribution is 5.06. The summed E-state index contributed by atoms with van der Waals surface area (Å²) in [6, 6.07) is 18.4. The predicted molar refractivity (Wildman–Crippen MR) is 117 cm³/mol. The van der Waals surface area contributed by atoms with Gasteiger partial charge >= 0.3 is 0 Å². The molecular weight excluding hydrogens is 358 g/mol. The first-order valence-corrected chi connectivity index (χ1v) is 10.5. The van der Waals surface area contributed by atoms with E-state index in [1.54, 1.807) is 0 Å². The van der Waals surface area contributed by atoms with E-state index < -0.39 is 0 Å². The molecule has 0 amide bonds. The molecule has 0 aliphatic rings. The van der Waals surface area contributed by atoms with Crippen molar-refractivity contribution in [3.05, 3.63) is 90.3 Å². The summed E-state index contributed by atoms with van der Waals surface area (Å²) in [4.78, 5) is 18.5. The molecule has 3 aromatic rings. The van der Waals surface area contributed by atoms with E-state index in [2.05, 4.69) is 68.1 Å². The van der Waals surface area contributed by atoms with Crippen LogP contribution in [0, 0.1) is 0 Å². The monoisotopic (exact) mass is 389 g/mol. The molecule has 0 aromatic carbocycles. The van der Waals surface area contributed by atoms with Crippen molar-refractivity contribution in [3.8, 4) is 0 Å². The van der Waals surface area contributed by atoms with Crippen LogP contribution in [-0.4, -0.2) is 44.4 Å². The summed E-state index contributed by atoms with van der Waals surface area (Å²) in [6.45, 7) is 7.83. The van der Waals surface area contributed by atoms with Gasteiger partial charge in [0.2, 0.25) is 0 Å². The van der Waals surface area contributed by atoms with Gasteiger partial charge in [-0.15, -0.1) is 0 Å². The molecule has 0 bridgehead atoms. The third kappa shape index (κ3) is 7.72. The van der Waals surface area contributed by atoms with Crippen LogP contribution in [-0.2, 0) is 19.6 Å². The van der Waals surface area contributed by atoms with Gasteiger partial charge in [0.05, 0.1) is 17.1 Å². The number of hydrogen-bond acceptors (Lipinski definition) is 5. The minimum atomic E-state index is 0.822. The van der Waals surface area contributed by atoms with Crippen LogP contribution in [0.1, 0.15) is 36.8 Å². The highest BCUT2D eigenvalue weighted by Gasteiger charge is 2.12. The Labute approximate surface area is 174 Å². The lowest BCUT2D eigenvalue weighted by atomic mass is 10.2. The zero-order chi connectivity index (χ0) is 20.2. The molecule has 0 aliphatic carbocycles. The Morgan fingerprint density at radius 3 is 1.45 bits per heavy atom. The number of unbranched alkanes of at least 4 members (excludes halogenated alkanes) is 1. The van der Waals surface area contributed by atoms with Gasteiger partial charge in [0.1, 0.15) is 0 Å². The number of nitrogens with zero attached hydrogens (tertiary/aromatic N) is 5. The first-order valence-electron chi connectivity index (χ1n) is 10.5. The second kappa shape index (κ2) is 12.0. The number of pyridine rings is 3. The molecule has 5 nitrogen and oxygen atoms in total. The van der Waals surface area contributed by atoms with Crippen molar-refractivity contribution >= 4 is 0 Å². The van der Waals surface area contributed by atoms with Crippen LogP contribution in [0.2, 0.25) is 0 Å². The van der Waals surface area contributed by atoms with Gasteiger partial charge in [0.15, 0.2) is 0 Å². The van der Waals surface area contributed by atoms with Crippen molar-refractivity contribution in [2.24, 2.45) is 0 Å². The van der Waals surface area contributed by atoms with Gasteiger partial charge in [-0.2, -0.15) is 0 Å². The highest BCUT2D eigenvalue weighted by Crippen LogP contribution is 2.09. The van der Waals surface area contributed by atoms with E-state index in [0.29, 0.717) is 0 Å². The van der Waals surface area contributed by atoms with Gasteiger partial charge in [0.25, 0.3) is 0 Å². The van der Waals surface area contributed by atoms with E-state index in [-0.39, 0.29) is 0 Å². The Morgan fingerprint density at radius 1 is 0.586 bits per heavy atom. The fourth-order valence-electron chi connectivity index (χ4n) is 3.31. The quantitative estimate of drug-likeness (QED) is 0.465. The summed E-state index contributed by atoms with van der Waals surface area (Å²) >= 11 is 0. The average Bonchev–Trinajstić information content (AvgIpc) is 2.77. The van der Waals surface area contributed by atoms with Gasteiger partial charge in [-0.1, -0.05) is 31.5 Å². The Bertz CT molecular complexity index is 754. The number of hydrogen-bond donors (Lipinski definition) is 0. The molecule has 0 saturated heterocycles. The van der Waals surface area contributed by atoms with Crippen LogP contribution >= 0.6 is 0 Å². The van der Waals surface area contributed by atoms with Crippen molar-refractivity contribution in [2.75, 3.05) is 19.6 Å². The van der Waals surface area contributed by atoms with Crippen LogP contribution in [0.3, 0.4) is 0 Å². The van der Waals surface area contributed by atoms with Crippen LogP contribution < -0.4 is 0 Å². The first-order chi connectivity index (χ1) is 14.3. The van der Waals surface area contributed by atoms with Gasteiger partial charge in [0, 0.05) is 51.3 Å². The molecule has 0 N–H and O–H groups in total. The third-order valence-electron chi connectivity index (χ3n) is 4.90. The van der Waals surface area contributed by atoms with E-state index >= 15 is 0 Å². The summed E-state index contributed by atoms with van der Waals surface area (Å²) in [5, 5.41) is 0. The summed E-state index contributed by atoms with van der Waals surface area (Å²) < 4.78 is 0. The largest absolute Gasteiger partial charge is 0.296 e. The van der Waals surface area contributed by atoms with Crippen molar-refractivity contribution in [1.29, 1.82) is 0 Å².